The molecule has 0 saturated carbocycles. The van der Waals surface area contributed by atoms with Crippen molar-refractivity contribution in [3.63, 3.8) is 0 Å². The lowest BCUT2D eigenvalue weighted by atomic mass is 9.88. The number of nitrogens with one attached hydrogen (secondary N) is 1. The van der Waals surface area contributed by atoms with Crippen LogP contribution in [0.3, 0.4) is 0 Å². The highest BCUT2D eigenvalue weighted by molar-refractivity contribution is 5.89. The van der Waals surface area contributed by atoms with Crippen molar-refractivity contribution >= 4 is 11.9 Å². The van der Waals surface area contributed by atoms with Crippen molar-refractivity contribution in [2.75, 3.05) is 6.61 Å². The maximum atomic E-state index is 12.0. The number of rotatable bonds is 8. The highest BCUT2D eigenvalue weighted by atomic mass is 16.5. The highest BCUT2D eigenvalue weighted by Crippen LogP contribution is 2.26. The maximum Gasteiger partial charge on any atom is 0.333 e. The van der Waals surface area contributed by atoms with Gasteiger partial charge in [0.15, 0.2) is 0 Å². The van der Waals surface area contributed by atoms with Crippen molar-refractivity contribution in [2.24, 2.45) is 5.18 Å². The van der Waals surface area contributed by atoms with Crippen LogP contribution in [0.15, 0.2) is 16.8 Å². The van der Waals surface area contributed by atoms with Crippen molar-refractivity contribution in [2.45, 2.75) is 71.2 Å². The molecular formula is C16H26N2O5. The summed E-state index contributed by atoms with van der Waals surface area (Å²) in [7, 11) is 0. The van der Waals surface area contributed by atoms with E-state index >= 15 is 0 Å². The number of carbonyl (C=O) groups excluding carboxylic acids is 2. The number of hydrogen-bond donors (Lipinski definition) is 1. The van der Waals surface area contributed by atoms with E-state index < -0.39 is 24.2 Å². The zero-order valence-corrected chi connectivity index (χ0v) is 14.2. The molecule has 130 valence electrons. The Morgan fingerprint density at radius 1 is 1.35 bits per heavy atom. The second kappa shape index (κ2) is 9.39. The van der Waals surface area contributed by atoms with E-state index in [9.17, 15) is 14.5 Å². The van der Waals surface area contributed by atoms with Gasteiger partial charge in [0.2, 0.25) is 5.91 Å². The summed E-state index contributed by atoms with van der Waals surface area (Å²) in [6, 6.07) is -1.34. The first kappa shape index (κ1) is 19.3. The molecule has 0 saturated heterocycles. The van der Waals surface area contributed by atoms with Gasteiger partial charge in [0, 0.05) is 18.9 Å². The summed E-state index contributed by atoms with van der Waals surface area (Å²) in [5, 5.41) is 5.81. The third-order valence-electron chi connectivity index (χ3n) is 3.87. The molecule has 1 aliphatic carbocycles. The fraction of sp³-hybridized carbons (Fsp3) is 0.750. The first-order valence-corrected chi connectivity index (χ1v) is 8.09. The topological polar surface area (TPSA) is 94.1 Å². The number of amides is 1. The van der Waals surface area contributed by atoms with Crippen LogP contribution in [0.4, 0.5) is 0 Å². The summed E-state index contributed by atoms with van der Waals surface area (Å²) in [6.07, 6.45) is 2.76. The molecule has 0 aromatic carbocycles. The van der Waals surface area contributed by atoms with Gasteiger partial charge in [0.05, 0.1) is 24.9 Å². The van der Waals surface area contributed by atoms with Gasteiger partial charge in [0.1, 0.15) is 6.04 Å². The number of carbonyl (C=O) groups is 2. The monoisotopic (exact) mass is 326 g/mol. The SMILES string of the molecule is CCOC(=O)C1=C[C@@H](OC(CC)CC)[C@H](NC(C)=O)[C@@H](N=O)C1. The molecule has 0 fully saturated rings. The molecule has 7 heteroatoms. The second-order valence-electron chi connectivity index (χ2n) is 5.55. The zero-order valence-electron chi connectivity index (χ0n) is 14.2. The van der Waals surface area contributed by atoms with E-state index in [-0.39, 0.29) is 25.0 Å². The molecule has 0 radical (unpaired) electrons. The third-order valence-corrected chi connectivity index (χ3v) is 3.87. The van der Waals surface area contributed by atoms with E-state index in [2.05, 4.69) is 10.5 Å². The Kier molecular flexibility index (Phi) is 7.88. The van der Waals surface area contributed by atoms with E-state index in [4.69, 9.17) is 9.47 Å². The standard InChI is InChI=1S/C16H26N2O5/c1-5-12(6-2)23-14-9-11(16(20)22-7-3)8-13(18-21)15(14)17-10(4)19/h9,12-15H,5-8H2,1-4H3,(H,17,19)/t13-,14+,15+/m0/s1. The minimum Gasteiger partial charge on any atom is -0.463 e. The molecule has 0 heterocycles. The molecule has 23 heavy (non-hydrogen) atoms. The molecule has 0 spiro atoms. The molecule has 1 aliphatic rings. The van der Waals surface area contributed by atoms with E-state index in [1.807, 2.05) is 13.8 Å². The van der Waals surface area contributed by atoms with Crippen molar-refractivity contribution in [1.82, 2.24) is 5.32 Å². The van der Waals surface area contributed by atoms with E-state index in [0.717, 1.165) is 12.8 Å². The second-order valence-corrected chi connectivity index (χ2v) is 5.55. The lowest BCUT2D eigenvalue weighted by Crippen LogP contribution is -2.53. The predicted octanol–water partition coefficient (Wildman–Crippen LogP) is 2.09. The van der Waals surface area contributed by atoms with Crippen LogP contribution in [0.1, 0.15) is 47.0 Å². The molecule has 1 amide bonds. The summed E-state index contributed by atoms with van der Waals surface area (Å²) >= 11 is 0. The zero-order chi connectivity index (χ0) is 17.4. The number of ether oxygens (including phenoxy) is 2. The minimum atomic E-state index is -0.761. The van der Waals surface area contributed by atoms with Gasteiger partial charge in [0.25, 0.3) is 0 Å². The Hall–Kier alpha value is -1.76. The molecule has 0 aliphatic heterocycles. The average molecular weight is 326 g/mol. The summed E-state index contributed by atoms with van der Waals surface area (Å²) < 4.78 is 11.0. The van der Waals surface area contributed by atoms with E-state index in [0.29, 0.717) is 5.57 Å². The van der Waals surface area contributed by atoms with Crippen molar-refractivity contribution in [3.8, 4) is 0 Å². The third kappa shape index (κ3) is 5.42. The van der Waals surface area contributed by atoms with Gasteiger partial charge < -0.3 is 14.8 Å². The van der Waals surface area contributed by atoms with Crippen LogP contribution in [0.25, 0.3) is 0 Å². The number of nitroso groups, excluding NO2 is 1. The first-order valence-electron chi connectivity index (χ1n) is 8.09. The van der Waals surface area contributed by atoms with Gasteiger partial charge in [-0.3, -0.25) is 4.79 Å². The Morgan fingerprint density at radius 2 is 2.00 bits per heavy atom. The summed E-state index contributed by atoms with van der Waals surface area (Å²) in [4.78, 5) is 34.6. The lowest BCUT2D eigenvalue weighted by molar-refractivity contribution is -0.139. The van der Waals surface area contributed by atoms with Crippen LogP contribution in [-0.2, 0) is 19.1 Å². The average Bonchev–Trinajstić information content (AvgIpc) is 2.53. The molecule has 1 rings (SSSR count). The number of esters is 1. The first-order chi connectivity index (χ1) is 11.0. The molecular weight excluding hydrogens is 300 g/mol. The normalized spacial score (nSPS) is 24.0. The Labute approximate surface area is 136 Å². The van der Waals surface area contributed by atoms with E-state index in [1.165, 1.54) is 6.92 Å². The largest absolute Gasteiger partial charge is 0.463 e. The van der Waals surface area contributed by atoms with Crippen molar-refractivity contribution < 1.29 is 19.1 Å². The van der Waals surface area contributed by atoms with Crippen LogP contribution in [0, 0.1) is 4.91 Å². The molecule has 0 aromatic heterocycles. The summed E-state index contributed by atoms with van der Waals surface area (Å²) in [5.74, 6) is -0.740. The van der Waals surface area contributed by atoms with Crippen molar-refractivity contribution in [3.05, 3.63) is 16.6 Å². The van der Waals surface area contributed by atoms with Crippen LogP contribution < -0.4 is 5.32 Å². The van der Waals surface area contributed by atoms with Crippen molar-refractivity contribution in [1.29, 1.82) is 0 Å². The van der Waals surface area contributed by atoms with Gasteiger partial charge in [-0.25, -0.2) is 4.79 Å². The van der Waals surface area contributed by atoms with Gasteiger partial charge >= 0.3 is 5.97 Å². The minimum absolute atomic E-state index is 0.0265. The van der Waals surface area contributed by atoms with Crippen LogP contribution in [0.2, 0.25) is 0 Å². The molecule has 1 N–H and O–H groups in total. The van der Waals surface area contributed by atoms with Gasteiger partial charge in [-0.2, -0.15) is 4.91 Å². The molecule has 0 unspecified atom stereocenters. The maximum absolute atomic E-state index is 12.0. The summed E-state index contributed by atoms with van der Waals surface area (Å²) in [6.45, 7) is 7.34. The van der Waals surface area contributed by atoms with Crippen LogP contribution in [0.5, 0.6) is 0 Å². The highest BCUT2D eigenvalue weighted by Gasteiger charge is 2.38. The van der Waals surface area contributed by atoms with Crippen LogP contribution in [-0.4, -0.2) is 42.8 Å². The lowest BCUT2D eigenvalue weighted by Gasteiger charge is -2.35. The Morgan fingerprint density at radius 3 is 2.48 bits per heavy atom. The Bertz CT molecular complexity index is 459. The quantitative estimate of drug-likeness (QED) is 0.544. The number of hydrogen-bond acceptors (Lipinski definition) is 6. The fourth-order valence-corrected chi connectivity index (χ4v) is 2.66. The fourth-order valence-electron chi connectivity index (χ4n) is 2.66. The number of nitrogens with zero attached hydrogens (tertiary/aromatic N) is 1. The molecule has 3 atom stereocenters. The van der Waals surface area contributed by atoms with Gasteiger partial charge in [-0.15, -0.1) is 0 Å². The van der Waals surface area contributed by atoms with Gasteiger partial charge in [-0.05, 0) is 25.8 Å². The Balaban J connectivity index is 3.08. The molecule has 0 aromatic rings. The molecule has 7 nitrogen and oxygen atoms in total. The summed E-state index contributed by atoms with van der Waals surface area (Å²) in [5.41, 5.74) is 0.369. The smallest absolute Gasteiger partial charge is 0.333 e. The molecule has 0 bridgehead atoms. The van der Waals surface area contributed by atoms with E-state index in [1.54, 1.807) is 13.0 Å². The van der Waals surface area contributed by atoms with Gasteiger partial charge in [-0.1, -0.05) is 19.0 Å². The predicted molar refractivity (Wildman–Crippen MR) is 85.8 cm³/mol. The van der Waals surface area contributed by atoms with Crippen LogP contribution >= 0.6 is 0 Å².